The molecule has 0 spiro atoms. The van der Waals surface area contributed by atoms with Gasteiger partial charge in [-0.1, -0.05) is 57.2 Å². The van der Waals surface area contributed by atoms with Crippen LogP contribution in [0.3, 0.4) is 0 Å². The molecule has 2 unspecified atom stereocenters. The van der Waals surface area contributed by atoms with E-state index in [1.54, 1.807) is 0 Å². The largest absolute Gasteiger partial charge is 0.481 e. The molecule has 0 radical (unpaired) electrons. The van der Waals surface area contributed by atoms with Crippen LogP contribution in [0.2, 0.25) is 0 Å². The van der Waals surface area contributed by atoms with Crippen LogP contribution in [0.1, 0.15) is 62.8 Å². The van der Waals surface area contributed by atoms with Crippen molar-refractivity contribution in [3.63, 3.8) is 0 Å². The molecule has 0 aromatic heterocycles. The maximum absolute atomic E-state index is 13.1. The molecule has 1 aliphatic heterocycles. The van der Waals surface area contributed by atoms with Gasteiger partial charge in [-0.15, -0.1) is 0 Å². The summed E-state index contributed by atoms with van der Waals surface area (Å²) in [5, 5.41) is 2.97. The number of ether oxygens (including phenoxy) is 1. The van der Waals surface area contributed by atoms with E-state index in [1.165, 1.54) is 5.56 Å². The maximum atomic E-state index is 13.1. The molecular weight excluding hydrogens is 400 g/mol. The molecule has 2 aliphatic rings. The van der Waals surface area contributed by atoms with Crippen LogP contribution in [0.15, 0.2) is 48.5 Å². The Morgan fingerprint density at radius 3 is 2.53 bits per heavy atom. The van der Waals surface area contributed by atoms with Gasteiger partial charge in [0.1, 0.15) is 5.75 Å². The molecule has 4 rings (SSSR count). The fourth-order valence-electron chi connectivity index (χ4n) is 4.37. The molecule has 5 heteroatoms. The zero-order chi connectivity index (χ0) is 22.7. The van der Waals surface area contributed by atoms with Gasteiger partial charge in [0, 0.05) is 19.0 Å². The van der Waals surface area contributed by atoms with Gasteiger partial charge in [0.25, 0.3) is 5.91 Å². The zero-order valence-corrected chi connectivity index (χ0v) is 19.3. The molecule has 2 aromatic rings. The lowest BCUT2D eigenvalue weighted by atomic mass is 9.87. The number of hydrogen-bond donors (Lipinski definition) is 1. The van der Waals surface area contributed by atoms with Gasteiger partial charge in [0.2, 0.25) is 5.91 Å². The normalized spacial score (nSPS) is 18.8. The minimum absolute atomic E-state index is 0.0796. The zero-order valence-electron chi connectivity index (χ0n) is 19.3. The lowest BCUT2D eigenvalue weighted by Gasteiger charge is -2.38. The van der Waals surface area contributed by atoms with Crippen LogP contribution < -0.4 is 10.1 Å². The van der Waals surface area contributed by atoms with E-state index in [-0.39, 0.29) is 23.8 Å². The third kappa shape index (κ3) is 4.98. The van der Waals surface area contributed by atoms with Gasteiger partial charge in [-0.25, -0.2) is 0 Å². The molecule has 5 nitrogen and oxygen atoms in total. The van der Waals surface area contributed by atoms with Crippen LogP contribution in [0, 0.1) is 11.8 Å². The Morgan fingerprint density at radius 1 is 1.12 bits per heavy atom. The van der Waals surface area contributed by atoms with Crippen LogP contribution in [-0.2, 0) is 16.0 Å². The Hall–Kier alpha value is -2.82. The molecule has 170 valence electrons. The summed E-state index contributed by atoms with van der Waals surface area (Å²) in [6, 6.07) is 16.2. The monoisotopic (exact) mass is 434 g/mol. The average Bonchev–Trinajstić information content (AvgIpc) is 3.65. The third-order valence-electron chi connectivity index (χ3n) is 6.30. The first-order valence-corrected chi connectivity index (χ1v) is 11.9. The summed E-state index contributed by atoms with van der Waals surface area (Å²) in [5.74, 6) is 1.43. The van der Waals surface area contributed by atoms with E-state index in [2.05, 4.69) is 37.4 Å². The average molecular weight is 435 g/mol. The Balaban J connectivity index is 1.62. The summed E-state index contributed by atoms with van der Waals surface area (Å²) >= 11 is 0. The van der Waals surface area contributed by atoms with Crippen LogP contribution >= 0.6 is 0 Å². The summed E-state index contributed by atoms with van der Waals surface area (Å²) in [6.45, 7) is 7.48. The Kier molecular flexibility index (Phi) is 6.83. The second-order valence-electron chi connectivity index (χ2n) is 9.38. The fourth-order valence-corrected chi connectivity index (χ4v) is 4.37. The van der Waals surface area contributed by atoms with Crippen molar-refractivity contribution in [3.05, 3.63) is 65.2 Å². The fraction of sp³-hybridized carbons (Fsp3) is 0.481. The predicted molar refractivity (Wildman–Crippen MR) is 125 cm³/mol. The topological polar surface area (TPSA) is 58.6 Å². The first kappa shape index (κ1) is 22.4. The first-order chi connectivity index (χ1) is 15.5. The van der Waals surface area contributed by atoms with E-state index in [4.69, 9.17) is 4.74 Å². The highest BCUT2D eigenvalue weighted by Crippen LogP contribution is 2.41. The van der Waals surface area contributed by atoms with Crippen LogP contribution in [0.5, 0.6) is 5.75 Å². The third-order valence-corrected chi connectivity index (χ3v) is 6.30. The van der Waals surface area contributed by atoms with E-state index in [0.29, 0.717) is 24.6 Å². The SMILES string of the molecule is CCC(Oc1ccc2c(c1)C(c1ccccc1)N(C(=O)C1CC1)CC2)C(=O)NCC(C)C. The molecule has 1 aliphatic carbocycles. The Bertz CT molecular complexity index is 953. The molecule has 1 saturated carbocycles. The number of benzene rings is 2. The van der Waals surface area contributed by atoms with Crippen molar-refractivity contribution in [2.75, 3.05) is 13.1 Å². The summed E-state index contributed by atoms with van der Waals surface area (Å²) in [7, 11) is 0. The van der Waals surface area contributed by atoms with Crippen LogP contribution in [0.4, 0.5) is 0 Å². The van der Waals surface area contributed by atoms with E-state index in [1.807, 2.05) is 42.2 Å². The van der Waals surface area contributed by atoms with Crippen molar-refractivity contribution in [2.24, 2.45) is 11.8 Å². The molecule has 2 aromatic carbocycles. The van der Waals surface area contributed by atoms with Crippen LogP contribution in [-0.4, -0.2) is 35.9 Å². The predicted octanol–water partition coefficient (Wildman–Crippen LogP) is 4.50. The quantitative estimate of drug-likeness (QED) is 0.666. The number of nitrogens with zero attached hydrogens (tertiary/aromatic N) is 1. The molecule has 1 heterocycles. The lowest BCUT2D eigenvalue weighted by molar-refractivity contribution is -0.134. The van der Waals surface area contributed by atoms with Crippen molar-refractivity contribution in [1.82, 2.24) is 10.2 Å². The lowest BCUT2D eigenvalue weighted by Crippen LogP contribution is -2.41. The van der Waals surface area contributed by atoms with E-state index in [9.17, 15) is 9.59 Å². The second-order valence-corrected chi connectivity index (χ2v) is 9.38. The summed E-state index contributed by atoms with van der Waals surface area (Å²) in [5.41, 5.74) is 3.45. The molecule has 2 atom stereocenters. The van der Waals surface area contributed by atoms with Crippen molar-refractivity contribution < 1.29 is 14.3 Å². The first-order valence-electron chi connectivity index (χ1n) is 11.9. The molecule has 0 saturated heterocycles. The number of carbonyl (C=O) groups excluding carboxylic acids is 2. The van der Waals surface area contributed by atoms with Crippen molar-refractivity contribution >= 4 is 11.8 Å². The van der Waals surface area contributed by atoms with Gasteiger partial charge in [0.05, 0.1) is 6.04 Å². The molecular formula is C27H34N2O3. The van der Waals surface area contributed by atoms with Crippen molar-refractivity contribution in [2.45, 2.75) is 58.6 Å². The number of carbonyl (C=O) groups is 2. The number of rotatable bonds is 8. The summed E-state index contributed by atoms with van der Waals surface area (Å²) < 4.78 is 6.15. The smallest absolute Gasteiger partial charge is 0.261 e. The van der Waals surface area contributed by atoms with Crippen LogP contribution in [0.25, 0.3) is 0 Å². The number of fused-ring (bicyclic) bond motifs is 1. The van der Waals surface area contributed by atoms with Gasteiger partial charge >= 0.3 is 0 Å². The summed E-state index contributed by atoms with van der Waals surface area (Å²) in [4.78, 5) is 27.8. The van der Waals surface area contributed by atoms with E-state index in [0.717, 1.165) is 36.9 Å². The molecule has 0 bridgehead atoms. The van der Waals surface area contributed by atoms with Crippen molar-refractivity contribution in [1.29, 1.82) is 0 Å². The standard InChI is InChI=1S/C27H34N2O3/c1-4-24(26(30)28-17-18(2)3)32-22-13-12-19-14-15-29(27(31)21-10-11-21)25(23(19)16-22)20-8-6-5-7-9-20/h5-9,12-13,16,18,21,24-25H,4,10-11,14-15,17H2,1-3H3,(H,28,30). The summed E-state index contributed by atoms with van der Waals surface area (Å²) in [6.07, 6.45) is 2.89. The number of hydrogen-bond acceptors (Lipinski definition) is 3. The molecule has 1 N–H and O–H groups in total. The second kappa shape index (κ2) is 9.76. The van der Waals surface area contributed by atoms with Crippen molar-refractivity contribution in [3.8, 4) is 5.75 Å². The highest BCUT2D eigenvalue weighted by molar-refractivity contribution is 5.82. The highest BCUT2D eigenvalue weighted by atomic mass is 16.5. The van der Waals surface area contributed by atoms with Gasteiger partial charge in [-0.3, -0.25) is 9.59 Å². The number of amides is 2. The number of nitrogens with one attached hydrogen (secondary N) is 1. The highest BCUT2D eigenvalue weighted by Gasteiger charge is 2.39. The maximum Gasteiger partial charge on any atom is 0.261 e. The van der Waals surface area contributed by atoms with Gasteiger partial charge in [-0.05, 0) is 60.4 Å². The van der Waals surface area contributed by atoms with Gasteiger partial charge in [-0.2, -0.15) is 0 Å². The molecule has 1 fully saturated rings. The Morgan fingerprint density at radius 2 is 1.88 bits per heavy atom. The van der Waals surface area contributed by atoms with Gasteiger partial charge in [0.15, 0.2) is 6.10 Å². The molecule has 32 heavy (non-hydrogen) atoms. The van der Waals surface area contributed by atoms with E-state index < -0.39 is 6.10 Å². The Labute approximate surface area is 191 Å². The minimum Gasteiger partial charge on any atom is -0.481 e. The van der Waals surface area contributed by atoms with E-state index >= 15 is 0 Å². The minimum atomic E-state index is -0.533. The molecule has 2 amide bonds. The van der Waals surface area contributed by atoms with Gasteiger partial charge < -0.3 is 15.0 Å².